The van der Waals surface area contributed by atoms with Crippen LogP contribution in [0.5, 0.6) is 0 Å². The number of anilines is 1. The number of amides is 1. The van der Waals surface area contributed by atoms with Crippen LogP contribution in [0, 0.1) is 5.41 Å². The van der Waals surface area contributed by atoms with E-state index in [0.29, 0.717) is 0 Å². The molecule has 4 rings (SSSR count). The number of rotatable bonds is 4. The summed E-state index contributed by atoms with van der Waals surface area (Å²) >= 11 is 0. The number of hydrogen-bond acceptors (Lipinski definition) is 3. The fourth-order valence-electron chi connectivity index (χ4n) is 4.24. The number of carbonyl (C=O) groups excluding carboxylic acids is 1. The molecular weight excluding hydrogens is 326 g/mol. The molecule has 0 N–H and O–H groups in total. The lowest BCUT2D eigenvalue weighted by Gasteiger charge is -2.53. The molecule has 1 aromatic heterocycles. The SMILES string of the molecule is Cn1cc(N2CC3(CCCN(CCc4ccccc4)C3)C2=O)ccc1=O. The average molecular weight is 351 g/mol. The van der Waals surface area contributed by atoms with Gasteiger partial charge in [0.2, 0.25) is 11.5 Å². The van der Waals surface area contributed by atoms with E-state index in [0.717, 1.165) is 51.1 Å². The summed E-state index contributed by atoms with van der Waals surface area (Å²) in [5, 5.41) is 0. The van der Waals surface area contributed by atoms with Gasteiger partial charge in [0.05, 0.1) is 11.1 Å². The topological polar surface area (TPSA) is 45.5 Å². The second kappa shape index (κ2) is 6.72. The maximum Gasteiger partial charge on any atom is 0.250 e. The first-order valence-electron chi connectivity index (χ1n) is 9.32. The van der Waals surface area contributed by atoms with Gasteiger partial charge in [-0.2, -0.15) is 0 Å². The van der Waals surface area contributed by atoms with E-state index >= 15 is 0 Å². The fourth-order valence-corrected chi connectivity index (χ4v) is 4.24. The molecular formula is C21H25N3O2. The molecule has 2 aliphatic rings. The van der Waals surface area contributed by atoms with E-state index in [1.165, 1.54) is 16.2 Å². The normalized spacial score (nSPS) is 23.3. The standard InChI is InChI=1S/C21H25N3O2/c1-22-14-18(8-9-19(22)25)24-16-21(20(24)26)11-5-12-23(15-21)13-10-17-6-3-2-4-7-17/h2-4,6-9,14H,5,10-13,15-16H2,1H3. The molecule has 2 fully saturated rings. The Morgan fingerprint density at radius 3 is 2.58 bits per heavy atom. The van der Waals surface area contributed by atoms with Crippen LogP contribution in [0.2, 0.25) is 0 Å². The van der Waals surface area contributed by atoms with Crippen molar-refractivity contribution >= 4 is 11.6 Å². The third-order valence-corrected chi connectivity index (χ3v) is 5.76. The van der Waals surface area contributed by atoms with Crippen LogP contribution in [-0.4, -0.2) is 41.6 Å². The predicted molar refractivity (Wildman–Crippen MR) is 102 cm³/mol. The van der Waals surface area contributed by atoms with Crippen LogP contribution in [0.25, 0.3) is 0 Å². The summed E-state index contributed by atoms with van der Waals surface area (Å²) in [6.45, 7) is 3.67. The number of β-lactam (4-membered cyclic amide) rings is 1. The Morgan fingerprint density at radius 2 is 1.85 bits per heavy atom. The summed E-state index contributed by atoms with van der Waals surface area (Å²) in [5.74, 6) is 0.209. The van der Waals surface area contributed by atoms with Gasteiger partial charge in [-0.1, -0.05) is 30.3 Å². The number of aryl methyl sites for hydroxylation is 1. The van der Waals surface area contributed by atoms with Crippen molar-refractivity contribution in [1.82, 2.24) is 9.47 Å². The van der Waals surface area contributed by atoms with E-state index in [-0.39, 0.29) is 16.9 Å². The number of carbonyl (C=O) groups is 1. The van der Waals surface area contributed by atoms with E-state index < -0.39 is 0 Å². The van der Waals surface area contributed by atoms with E-state index in [2.05, 4.69) is 29.2 Å². The first-order chi connectivity index (χ1) is 12.6. The third kappa shape index (κ3) is 3.07. The van der Waals surface area contributed by atoms with Crippen molar-refractivity contribution in [2.45, 2.75) is 19.3 Å². The van der Waals surface area contributed by atoms with Gasteiger partial charge in [-0.25, -0.2) is 0 Å². The zero-order valence-corrected chi connectivity index (χ0v) is 15.2. The molecule has 1 aromatic carbocycles. The molecule has 1 amide bonds. The minimum Gasteiger partial charge on any atom is -0.317 e. The van der Waals surface area contributed by atoms with Gasteiger partial charge >= 0.3 is 0 Å². The molecule has 1 atom stereocenters. The summed E-state index contributed by atoms with van der Waals surface area (Å²) in [7, 11) is 1.72. The Hall–Kier alpha value is -2.40. The van der Waals surface area contributed by atoms with Crippen molar-refractivity contribution in [1.29, 1.82) is 0 Å². The van der Waals surface area contributed by atoms with Gasteiger partial charge in [0, 0.05) is 38.9 Å². The molecule has 2 aliphatic heterocycles. The molecule has 0 aliphatic carbocycles. The van der Waals surface area contributed by atoms with Gasteiger partial charge in [0.1, 0.15) is 0 Å². The van der Waals surface area contributed by atoms with E-state index in [1.807, 2.05) is 11.0 Å². The Bertz CT molecular complexity index is 861. The molecule has 2 saturated heterocycles. The number of aromatic nitrogens is 1. The average Bonchev–Trinajstić information content (AvgIpc) is 2.68. The highest BCUT2D eigenvalue weighted by atomic mass is 16.2. The van der Waals surface area contributed by atoms with Crippen LogP contribution in [0.3, 0.4) is 0 Å². The van der Waals surface area contributed by atoms with Crippen LogP contribution in [-0.2, 0) is 18.3 Å². The second-order valence-corrected chi connectivity index (χ2v) is 7.62. The maximum atomic E-state index is 13.0. The lowest BCUT2D eigenvalue weighted by molar-refractivity contribution is -0.139. The molecule has 5 heteroatoms. The van der Waals surface area contributed by atoms with Gasteiger partial charge < -0.3 is 14.4 Å². The summed E-state index contributed by atoms with van der Waals surface area (Å²) in [6, 6.07) is 13.8. The highest BCUT2D eigenvalue weighted by Crippen LogP contribution is 2.42. The molecule has 0 saturated carbocycles. The summed E-state index contributed by atoms with van der Waals surface area (Å²) < 4.78 is 1.53. The monoisotopic (exact) mass is 351 g/mol. The van der Waals surface area contributed by atoms with Gasteiger partial charge in [-0.15, -0.1) is 0 Å². The fraction of sp³-hybridized carbons (Fsp3) is 0.429. The molecule has 1 unspecified atom stereocenters. The summed E-state index contributed by atoms with van der Waals surface area (Å²) in [4.78, 5) is 28.8. The van der Waals surface area contributed by atoms with Crippen molar-refractivity contribution in [3.63, 3.8) is 0 Å². The molecule has 2 aromatic rings. The molecule has 26 heavy (non-hydrogen) atoms. The molecule has 136 valence electrons. The number of hydrogen-bond donors (Lipinski definition) is 0. The van der Waals surface area contributed by atoms with Crippen LogP contribution in [0.4, 0.5) is 5.69 Å². The van der Waals surface area contributed by atoms with Crippen molar-refractivity contribution in [2.75, 3.05) is 31.1 Å². The number of likely N-dealkylation sites (tertiary alicyclic amines) is 1. The molecule has 0 radical (unpaired) electrons. The van der Waals surface area contributed by atoms with Crippen molar-refractivity contribution in [3.05, 3.63) is 64.6 Å². The van der Waals surface area contributed by atoms with Gasteiger partial charge in [-0.05, 0) is 37.4 Å². The van der Waals surface area contributed by atoms with Gasteiger partial charge in [0.25, 0.3) is 0 Å². The zero-order chi connectivity index (χ0) is 18.1. The number of nitrogens with zero attached hydrogens (tertiary/aromatic N) is 3. The van der Waals surface area contributed by atoms with Crippen molar-refractivity contribution < 1.29 is 4.79 Å². The highest BCUT2D eigenvalue weighted by molar-refractivity contribution is 6.04. The first kappa shape index (κ1) is 17.0. The Labute approximate surface area is 153 Å². The minimum atomic E-state index is -0.232. The quantitative estimate of drug-likeness (QED) is 0.792. The van der Waals surface area contributed by atoms with Crippen LogP contribution < -0.4 is 10.5 Å². The third-order valence-electron chi connectivity index (χ3n) is 5.76. The van der Waals surface area contributed by atoms with Crippen LogP contribution in [0.15, 0.2) is 53.5 Å². The number of piperidine rings is 1. The number of benzene rings is 1. The Morgan fingerprint density at radius 1 is 1.04 bits per heavy atom. The van der Waals surface area contributed by atoms with Gasteiger partial charge in [-0.3, -0.25) is 9.59 Å². The molecule has 3 heterocycles. The van der Waals surface area contributed by atoms with Gasteiger partial charge in [0.15, 0.2) is 0 Å². The lowest BCUT2D eigenvalue weighted by Crippen LogP contribution is -2.67. The first-order valence-corrected chi connectivity index (χ1v) is 9.32. The largest absolute Gasteiger partial charge is 0.317 e. The number of pyridine rings is 1. The molecule has 5 nitrogen and oxygen atoms in total. The minimum absolute atomic E-state index is 0.0545. The van der Waals surface area contributed by atoms with Crippen LogP contribution >= 0.6 is 0 Å². The van der Waals surface area contributed by atoms with Crippen molar-refractivity contribution in [2.24, 2.45) is 12.5 Å². The predicted octanol–water partition coefficient (Wildman–Crippen LogP) is 2.06. The van der Waals surface area contributed by atoms with E-state index in [9.17, 15) is 9.59 Å². The maximum absolute atomic E-state index is 13.0. The summed E-state index contributed by atoms with van der Waals surface area (Å²) in [5.41, 5.74) is 1.88. The Kier molecular flexibility index (Phi) is 4.41. The zero-order valence-electron chi connectivity index (χ0n) is 15.2. The smallest absolute Gasteiger partial charge is 0.250 e. The van der Waals surface area contributed by atoms with Crippen LogP contribution in [0.1, 0.15) is 18.4 Å². The summed E-state index contributed by atoms with van der Waals surface area (Å²) in [6.07, 6.45) is 4.82. The van der Waals surface area contributed by atoms with E-state index in [4.69, 9.17) is 0 Å². The lowest BCUT2D eigenvalue weighted by atomic mass is 9.72. The van der Waals surface area contributed by atoms with E-state index in [1.54, 1.807) is 19.3 Å². The Balaban J connectivity index is 1.40. The second-order valence-electron chi connectivity index (χ2n) is 7.62. The molecule has 0 bridgehead atoms. The van der Waals surface area contributed by atoms with Crippen molar-refractivity contribution in [3.8, 4) is 0 Å². The highest BCUT2D eigenvalue weighted by Gasteiger charge is 2.54. The molecule has 1 spiro atoms.